The zero-order chi connectivity index (χ0) is 9.10. The van der Waals surface area contributed by atoms with Gasteiger partial charge in [0.05, 0.1) is 13.7 Å². The van der Waals surface area contributed by atoms with E-state index in [9.17, 15) is 0 Å². The van der Waals surface area contributed by atoms with Crippen molar-refractivity contribution in [1.82, 2.24) is 0 Å². The molecule has 1 aromatic carbocycles. The van der Waals surface area contributed by atoms with Crippen LogP contribution in [-0.4, -0.2) is 13.7 Å². The van der Waals surface area contributed by atoms with Crippen LogP contribution in [0.5, 0.6) is 11.5 Å². The number of rotatable bonds is 1. The first-order chi connectivity index (χ1) is 6.40. The molecule has 0 aromatic heterocycles. The summed E-state index contributed by atoms with van der Waals surface area (Å²) in [6, 6.07) is 6.02. The first-order valence-electron chi connectivity index (χ1n) is 4.70. The maximum Gasteiger partial charge on any atom is 0.122 e. The number of aryl methyl sites for hydroxylation is 1. The van der Waals surface area contributed by atoms with Gasteiger partial charge in [0, 0.05) is 0 Å². The maximum atomic E-state index is 5.59. The molecule has 2 nitrogen and oxygen atoms in total. The van der Waals surface area contributed by atoms with Gasteiger partial charge in [-0.05, 0) is 43.0 Å². The molecule has 0 saturated heterocycles. The summed E-state index contributed by atoms with van der Waals surface area (Å²) in [6.45, 7) is 0.847. The SMILES string of the molecule is COc1ccc2c(c1)CCCCO2. The molecule has 0 unspecified atom stereocenters. The number of benzene rings is 1. The fourth-order valence-corrected chi connectivity index (χ4v) is 1.62. The third-order valence-corrected chi connectivity index (χ3v) is 2.37. The van der Waals surface area contributed by atoms with Crippen LogP contribution in [0, 0.1) is 0 Å². The van der Waals surface area contributed by atoms with Crippen LogP contribution in [0.2, 0.25) is 0 Å². The Morgan fingerprint density at radius 3 is 3.08 bits per heavy atom. The Bertz CT molecular complexity index is 294. The minimum absolute atomic E-state index is 0.847. The predicted octanol–water partition coefficient (Wildman–Crippen LogP) is 2.41. The molecule has 70 valence electrons. The summed E-state index contributed by atoms with van der Waals surface area (Å²) in [5.41, 5.74) is 1.27. The third-order valence-electron chi connectivity index (χ3n) is 2.37. The molecule has 0 radical (unpaired) electrons. The lowest BCUT2D eigenvalue weighted by molar-refractivity contribution is 0.316. The molecule has 2 rings (SSSR count). The molecular formula is C11H14O2. The van der Waals surface area contributed by atoms with Gasteiger partial charge in [0.1, 0.15) is 11.5 Å². The molecule has 0 aliphatic carbocycles. The predicted molar refractivity (Wildman–Crippen MR) is 51.4 cm³/mol. The van der Waals surface area contributed by atoms with Crippen molar-refractivity contribution in [3.63, 3.8) is 0 Å². The molecule has 1 aliphatic heterocycles. The summed E-state index contributed by atoms with van der Waals surface area (Å²) in [7, 11) is 1.69. The fraction of sp³-hybridized carbons (Fsp3) is 0.455. The second-order valence-electron chi connectivity index (χ2n) is 3.28. The minimum Gasteiger partial charge on any atom is -0.497 e. The minimum atomic E-state index is 0.847. The van der Waals surface area contributed by atoms with E-state index in [0.717, 1.165) is 30.9 Å². The highest BCUT2D eigenvalue weighted by atomic mass is 16.5. The molecule has 0 spiro atoms. The average Bonchev–Trinajstić information content (AvgIpc) is 2.41. The molecule has 0 N–H and O–H groups in total. The second-order valence-corrected chi connectivity index (χ2v) is 3.28. The van der Waals surface area contributed by atoms with Gasteiger partial charge in [0.2, 0.25) is 0 Å². The Morgan fingerprint density at radius 2 is 2.23 bits per heavy atom. The van der Waals surface area contributed by atoms with E-state index in [4.69, 9.17) is 9.47 Å². The lowest BCUT2D eigenvalue weighted by atomic mass is 10.1. The van der Waals surface area contributed by atoms with Crippen molar-refractivity contribution in [3.8, 4) is 11.5 Å². The Balaban J connectivity index is 2.32. The fourth-order valence-electron chi connectivity index (χ4n) is 1.62. The molecule has 1 heterocycles. The van der Waals surface area contributed by atoms with Crippen molar-refractivity contribution in [1.29, 1.82) is 0 Å². The van der Waals surface area contributed by atoms with E-state index in [1.807, 2.05) is 12.1 Å². The summed E-state index contributed by atoms with van der Waals surface area (Å²) in [4.78, 5) is 0. The first-order valence-corrected chi connectivity index (χ1v) is 4.70. The normalized spacial score (nSPS) is 15.5. The largest absolute Gasteiger partial charge is 0.497 e. The van der Waals surface area contributed by atoms with Gasteiger partial charge in [-0.3, -0.25) is 0 Å². The van der Waals surface area contributed by atoms with E-state index in [1.165, 1.54) is 12.0 Å². The number of hydrogen-bond acceptors (Lipinski definition) is 2. The van der Waals surface area contributed by atoms with Crippen LogP contribution >= 0.6 is 0 Å². The molecule has 1 aromatic rings. The zero-order valence-corrected chi connectivity index (χ0v) is 7.88. The number of methoxy groups -OCH3 is 1. The van der Waals surface area contributed by atoms with Gasteiger partial charge in [0.15, 0.2) is 0 Å². The van der Waals surface area contributed by atoms with Crippen molar-refractivity contribution in [2.45, 2.75) is 19.3 Å². The quantitative estimate of drug-likeness (QED) is 0.657. The average molecular weight is 178 g/mol. The van der Waals surface area contributed by atoms with Crippen molar-refractivity contribution < 1.29 is 9.47 Å². The molecule has 0 bridgehead atoms. The van der Waals surface area contributed by atoms with Crippen molar-refractivity contribution in [2.75, 3.05) is 13.7 Å². The van der Waals surface area contributed by atoms with Crippen LogP contribution in [0.25, 0.3) is 0 Å². The van der Waals surface area contributed by atoms with Gasteiger partial charge < -0.3 is 9.47 Å². The van der Waals surface area contributed by atoms with Crippen LogP contribution < -0.4 is 9.47 Å². The summed E-state index contributed by atoms with van der Waals surface area (Å²) in [5, 5.41) is 0. The van der Waals surface area contributed by atoms with E-state index in [-0.39, 0.29) is 0 Å². The monoisotopic (exact) mass is 178 g/mol. The Labute approximate surface area is 78.5 Å². The molecule has 2 heteroatoms. The van der Waals surface area contributed by atoms with Gasteiger partial charge in [-0.2, -0.15) is 0 Å². The van der Waals surface area contributed by atoms with Gasteiger partial charge in [-0.1, -0.05) is 0 Å². The molecule has 1 aliphatic rings. The van der Waals surface area contributed by atoms with Crippen LogP contribution in [0.4, 0.5) is 0 Å². The van der Waals surface area contributed by atoms with Crippen LogP contribution in [-0.2, 0) is 6.42 Å². The molecule has 0 amide bonds. The smallest absolute Gasteiger partial charge is 0.122 e. The first kappa shape index (κ1) is 8.42. The van der Waals surface area contributed by atoms with Crippen LogP contribution in [0.15, 0.2) is 18.2 Å². The number of ether oxygens (including phenoxy) is 2. The Morgan fingerprint density at radius 1 is 1.31 bits per heavy atom. The van der Waals surface area contributed by atoms with Gasteiger partial charge in [-0.25, -0.2) is 0 Å². The maximum absolute atomic E-state index is 5.59. The number of hydrogen-bond donors (Lipinski definition) is 0. The zero-order valence-electron chi connectivity index (χ0n) is 7.88. The molecule has 0 fully saturated rings. The summed E-state index contributed by atoms with van der Waals surface area (Å²) in [6.07, 6.45) is 3.46. The Kier molecular flexibility index (Phi) is 2.39. The highest BCUT2D eigenvalue weighted by Crippen LogP contribution is 2.27. The standard InChI is InChI=1S/C11H14O2/c1-12-10-5-6-11-9(8-10)4-2-3-7-13-11/h5-6,8H,2-4,7H2,1H3. The summed E-state index contributed by atoms with van der Waals surface area (Å²) < 4.78 is 10.8. The van der Waals surface area contributed by atoms with Gasteiger partial charge in [-0.15, -0.1) is 0 Å². The second kappa shape index (κ2) is 3.69. The van der Waals surface area contributed by atoms with E-state index >= 15 is 0 Å². The molecular weight excluding hydrogens is 164 g/mol. The summed E-state index contributed by atoms with van der Waals surface area (Å²) in [5.74, 6) is 1.95. The van der Waals surface area contributed by atoms with Gasteiger partial charge >= 0.3 is 0 Å². The Hall–Kier alpha value is -1.18. The van der Waals surface area contributed by atoms with Gasteiger partial charge in [0.25, 0.3) is 0 Å². The van der Waals surface area contributed by atoms with Crippen LogP contribution in [0.1, 0.15) is 18.4 Å². The highest BCUT2D eigenvalue weighted by Gasteiger charge is 2.08. The van der Waals surface area contributed by atoms with E-state index < -0.39 is 0 Å². The molecule has 0 atom stereocenters. The third kappa shape index (κ3) is 1.77. The van der Waals surface area contributed by atoms with E-state index in [2.05, 4.69) is 6.07 Å². The summed E-state index contributed by atoms with van der Waals surface area (Å²) >= 11 is 0. The van der Waals surface area contributed by atoms with E-state index in [0.29, 0.717) is 0 Å². The molecule has 13 heavy (non-hydrogen) atoms. The van der Waals surface area contributed by atoms with Crippen molar-refractivity contribution in [2.24, 2.45) is 0 Å². The topological polar surface area (TPSA) is 18.5 Å². The molecule has 0 saturated carbocycles. The number of fused-ring (bicyclic) bond motifs is 1. The highest BCUT2D eigenvalue weighted by molar-refractivity contribution is 5.40. The van der Waals surface area contributed by atoms with E-state index in [1.54, 1.807) is 7.11 Å². The lowest BCUT2D eigenvalue weighted by Crippen LogP contribution is -1.94. The van der Waals surface area contributed by atoms with Crippen molar-refractivity contribution >= 4 is 0 Å². The van der Waals surface area contributed by atoms with Crippen molar-refractivity contribution in [3.05, 3.63) is 23.8 Å². The lowest BCUT2D eigenvalue weighted by Gasteiger charge is -2.08. The van der Waals surface area contributed by atoms with Crippen LogP contribution in [0.3, 0.4) is 0 Å².